The molecule has 5 rings (SSSR count). The molecule has 3 aliphatic rings. The Bertz CT molecular complexity index is 1340. The molecule has 2 aromatic rings. The molecular formula is C29H33F3N4O6. The summed E-state index contributed by atoms with van der Waals surface area (Å²) in [4.78, 5) is 50.6. The zero-order valence-corrected chi connectivity index (χ0v) is 23.1. The first-order valence-corrected chi connectivity index (χ1v) is 13.6. The number of aryl methyl sites for hydroxylation is 1. The van der Waals surface area contributed by atoms with Crippen molar-refractivity contribution in [2.45, 2.75) is 69.2 Å². The van der Waals surface area contributed by atoms with Crippen LogP contribution >= 0.6 is 0 Å². The van der Waals surface area contributed by atoms with Gasteiger partial charge in [-0.3, -0.25) is 19.3 Å². The second kappa shape index (κ2) is 12.9. The number of alkyl halides is 3. The number of amides is 3. The van der Waals surface area contributed by atoms with Gasteiger partial charge < -0.3 is 25.8 Å². The fourth-order valence-corrected chi connectivity index (χ4v) is 5.42. The largest absolute Gasteiger partial charge is 0.490 e. The van der Waals surface area contributed by atoms with E-state index in [2.05, 4.69) is 28.1 Å². The van der Waals surface area contributed by atoms with Gasteiger partial charge in [-0.25, -0.2) is 4.79 Å². The Morgan fingerprint density at radius 1 is 0.976 bits per heavy atom. The lowest BCUT2D eigenvalue weighted by Gasteiger charge is -2.32. The van der Waals surface area contributed by atoms with Crippen LogP contribution in [0, 0.1) is 0 Å². The topological polar surface area (TPSA) is 137 Å². The van der Waals surface area contributed by atoms with Crippen LogP contribution in [0.15, 0.2) is 48.5 Å². The normalized spacial score (nSPS) is 23.6. The average Bonchev–Trinajstić information content (AvgIpc) is 3.21. The number of hydrogen-bond acceptors (Lipinski definition) is 6. The summed E-state index contributed by atoms with van der Waals surface area (Å²) >= 11 is 0. The van der Waals surface area contributed by atoms with E-state index in [-0.39, 0.29) is 23.8 Å². The number of ether oxygens (including phenoxy) is 1. The van der Waals surface area contributed by atoms with E-state index in [1.165, 1.54) is 10.5 Å². The van der Waals surface area contributed by atoms with E-state index >= 15 is 0 Å². The third-order valence-electron chi connectivity index (χ3n) is 7.64. The Labute approximate surface area is 240 Å². The highest BCUT2D eigenvalue weighted by Gasteiger charge is 2.49. The van der Waals surface area contributed by atoms with E-state index in [0.29, 0.717) is 13.0 Å². The number of halogens is 3. The van der Waals surface area contributed by atoms with Gasteiger partial charge in [-0.05, 0) is 49.9 Å². The number of carbonyl (C=O) groups is 4. The maximum atomic E-state index is 13.8. The van der Waals surface area contributed by atoms with Crippen molar-refractivity contribution in [3.05, 3.63) is 70.8 Å². The Morgan fingerprint density at radius 3 is 2.24 bits per heavy atom. The highest BCUT2D eigenvalue weighted by Crippen LogP contribution is 2.45. The van der Waals surface area contributed by atoms with Gasteiger partial charge in [0.2, 0.25) is 17.7 Å². The van der Waals surface area contributed by atoms with Gasteiger partial charge >= 0.3 is 12.1 Å². The van der Waals surface area contributed by atoms with E-state index in [0.717, 1.165) is 36.0 Å². The van der Waals surface area contributed by atoms with Crippen molar-refractivity contribution in [1.82, 2.24) is 20.9 Å². The monoisotopic (exact) mass is 590 g/mol. The predicted molar refractivity (Wildman–Crippen MR) is 144 cm³/mol. The molecule has 1 unspecified atom stereocenters. The first-order valence-electron chi connectivity index (χ1n) is 13.6. The summed E-state index contributed by atoms with van der Waals surface area (Å²) in [6.45, 7) is 2.03. The quantitative estimate of drug-likeness (QED) is 0.420. The number of rotatable bonds is 5. The van der Waals surface area contributed by atoms with Crippen molar-refractivity contribution in [2.75, 3.05) is 13.7 Å². The third-order valence-corrected chi connectivity index (χ3v) is 7.64. The van der Waals surface area contributed by atoms with Gasteiger partial charge in [0.25, 0.3) is 0 Å². The van der Waals surface area contributed by atoms with E-state index in [4.69, 9.17) is 14.6 Å². The lowest BCUT2D eigenvalue weighted by Crippen LogP contribution is -2.53. The van der Waals surface area contributed by atoms with E-state index in [9.17, 15) is 27.6 Å². The number of fused-ring (bicyclic) bond motifs is 4. The average molecular weight is 591 g/mol. The van der Waals surface area contributed by atoms with Crippen LogP contribution < -0.4 is 16.0 Å². The number of carbonyl (C=O) groups excluding carboxylic acids is 3. The standard InChI is InChI=1S/C27H32N4O4.C2HF3O2/c1-16(28-2)24(32)30-22-14-15-35-27-20-12-6-5-11-19(20)23(31(27)26(22)34)25(33)29-21-13-7-9-17-8-3-4-10-18(17)21;3-2(4,5)1(6)7/h3-6,8,10-12,16,21-23,27-28H,7,9,13-15H2,1-2H3,(H,29,33)(H,30,32);(H,6,7)/t16-,21+,22-,23?,27-;/m0./s1. The summed E-state index contributed by atoms with van der Waals surface area (Å²) in [6, 6.07) is 13.6. The highest BCUT2D eigenvalue weighted by molar-refractivity contribution is 5.95. The molecular weight excluding hydrogens is 557 g/mol. The van der Waals surface area contributed by atoms with Crippen LogP contribution in [0.5, 0.6) is 0 Å². The Hall–Kier alpha value is -3.97. The molecule has 4 N–H and O–H groups in total. The molecule has 0 radical (unpaired) electrons. The van der Waals surface area contributed by atoms with Crippen molar-refractivity contribution in [1.29, 1.82) is 0 Å². The molecule has 0 bridgehead atoms. The minimum atomic E-state index is -5.08. The molecule has 0 spiro atoms. The van der Waals surface area contributed by atoms with Crippen LogP contribution in [-0.2, 0) is 30.3 Å². The van der Waals surface area contributed by atoms with Gasteiger partial charge in [0.1, 0.15) is 12.1 Å². The number of likely N-dealkylation sites (N-methyl/N-ethyl adjacent to an activating group) is 1. The van der Waals surface area contributed by atoms with Crippen molar-refractivity contribution < 1.29 is 42.2 Å². The zero-order valence-electron chi connectivity index (χ0n) is 23.1. The first-order chi connectivity index (χ1) is 19.9. The molecule has 42 heavy (non-hydrogen) atoms. The molecule has 10 nitrogen and oxygen atoms in total. The molecule has 2 heterocycles. The van der Waals surface area contributed by atoms with Gasteiger partial charge in [0.05, 0.1) is 18.7 Å². The second-order valence-corrected chi connectivity index (χ2v) is 10.3. The maximum Gasteiger partial charge on any atom is 0.490 e. The lowest BCUT2D eigenvalue weighted by molar-refractivity contribution is -0.192. The fourth-order valence-electron chi connectivity index (χ4n) is 5.42. The minimum absolute atomic E-state index is 0.103. The molecule has 2 aliphatic heterocycles. The van der Waals surface area contributed by atoms with Crippen molar-refractivity contribution in [3.8, 4) is 0 Å². The summed E-state index contributed by atoms with van der Waals surface area (Å²) in [7, 11) is 1.69. The number of hydrogen-bond donors (Lipinski definition) is 4. The molecule has 2 aromatic carbocycles. The lowest BCUT2D eigenvalue weighted by atomic mass is 9.87. The van der Waals surface area contributed by atoms with Gasteiger partial charge in [-0.1, -0.05) is 48.5 Å². The van der Waals surface area contributed by atoms with Crippen LogP contribution in [0.4, 0.5) is 13.2 Å². The van der Waals surface area contributed by atoms with Crippen LogP contribution in [0.1, 0.15) is 66.8 Å². The summed E-state index contributed by atoms with van der Waals surface area (Å²) < 4.78 is 37.8. The number of carboxylic acids is 1. The molecule has 0 aromatic heterocycles. The van der Waals surface area contributed by atoms with Crippen molar-refractivity contribution >= 4 is 23.7 Å². The van der Waals surface area contributed by atoms with Crippen molar-refractivity contribution in [3.63, 3.8) is 0 Å². The number of aliphatic carboxylic acids is 1. The van der Waals surface area contributed by atoms with Crippen LogP contribution in [-0.4, -0.2) is 65.6 Å². The Kier molecular flexibility index (Phi) is 9.52. The molecule has 226 valence electrons. The fraction of sp³-hybridized carbons (Fsp3) is 0.448. The Morgan fingerprint density at radius 2 is 1.60 bits per heavy atom. The van der Waals surface area contributed by atoms with E-state index in [1.54, 1.807) is 14.0 Å². The number of nitrogens with one attached hydrogen (secondary N) is 3. The minimum Gasteiger partial charge on any atom is -0.475 e. The number of nitrogens with zero attached hydrogens (tertiary/aromatic N) is 1. The number of benzene rings is 2. The molecule has 13 heteroatoms. The summed E-state index contributed by atoms with van der Waals surface area (Å²) in [5, 5.41) is 16.1. The van der Waals surface area contributed by atoms with Crippen LogP contribution in [0.3, 0.4) is 0 Å². The highest BCUT2D eigenvalue weighted by atomic mass is 19.4. The molecule has 1 saturated heterocycles. The summed E-state index contributed by atoms with van der Waals surface area (Å²) in [6.07, 6.45) is -2.54. The van der Waals surface area contributed by atoms with Crippen LogP contribution in [0.25, 0.3) is 0 Å². The van der Waals surface area contributed by atoms with Gasteiger partial charge in [0, 0.05) is 12.0 Å². The molecule has 3 amide bonds. The first kappa shape index (κ1) is 31.0. The number of carboxylic acid groups (broad SMARTS) is 1. The van der Waals surface area contributed by atoms with Crippen LogP contribution in [0.2, 0.25) is 0 Å². The predicted octanol–water partition coefficient (Wildman–Crippen LogP) is 2.91. The van der Waals surface area contributed by atoms with E-state index in [1.807, 2.05) is 36.4 Å². The zero-order chi connectivity index (χ0) is 30.6. The smallest absolute Gasteiger partial charge is 0.475 e. The molecule has 1 fully saturated rings. The second-order valence-electron chi connectivity index (χ2n) is 10.3. The van der Waals surface area contributed by atoms with Gasteiger partial charge in [-0.2, -0.15) is 13.2 Å². The molecule has 1 aliphatic carbocycles. The summed E-state index contributed by atoms with van der Waals surface area (Å²) in [5.74, 6) is -3.55. The molecule has 0 saturated carbocycles. The molecule has 5 atom stereocenters. The third kappa shape index (κ3) is 6.57. The van der Waals surface area contributed by atoms with E-state index < -0.39 is 36.5 Å². The summed E-state index contributed by atoms with van der Waals surface area (Å²) in [5.41, 5.74) is 3.98. The van der Waals surface area contributed by atoms with Gasteiger partial charge in [-0.15, -0.1) is 0 Å². The van der Waals surface area contributed by atoms with Gasteiger partial charge in [0.15, 0.2) is 6.23 Å². The van der Waals surface area contributed by atoms with Crippen molar-refractivity contribution in [2.24, 2.45) is 0 Å². The Balaban J connectivity index is 0.000000517. The maximum absolute atomic E-state index is 13.8. The SMILES string of the molecule is CN[C@@H](C)C(=O)N[C@H]1CCO[C@H]2c3ccccc3C(C(=O)N[C@@H]3CCCc4ccccc43)N2C1=O.O=C(O)C(F)(F)F.